The molecular weight excluding hydrogens is 240 g/mol. The fourth-order valence-corrected chi connectivity index (χ4v) is 2.04. The van der Waals surface area contributed by atoms with Gasteiger partial charge in [0, 0.05) is 0 Å². The van der Waals surface area contributed by atoms with Gasteiger partial charge < -0.3 is 5.11 Å². The molecule has 0 aromatic heterocycles. The lowest BCUT2D eigenvalue weighted by atomic mass is 10.2. The van der Waals surface area contributed by atoms with Crippen LogP contribution in [0.15, 0.2) is 34.8 Å². The van der Waals surface area contributed by atoms with E-state index in [-0.39, 0.29) is 10.7 Å². The maximum Gasteiger partial charge on any atom is 0.336 e. The highest BCUT2D eigenvalue weighted by atomic mass is 32.2. The minimum Gasteiger partial charge on any atom is -0.478 e. The van der Waals surface area contributed by atoms with Crippen molar-refractivity contribution < 1.29 is 18.3 Å². The quantitative estimate of drug-likeness (QED) is 0.586. The number of rotatable bonds is 6. The van der Waals surface area contributed by atoms with Crippen LogP contribution in [0.4, 0.5) is 0 Å². The van der Waals surface area contributed by atoms with Gasteiger partial charge in [-0.25, -0.2) is 13.2 Å². The van der Waals surface area contributed by atoms with Crippen LogP contribution in [-0.4, -0.2) is 25.2 Å². The summed E-state index contributed by atoms with van der Waals surface area (Å²) in [6, 6.07) is 0. The number of hydrogen-bond acceptors (Lipinski definition) is 3. The van der Waals surface area contributed by atoms with Gasteiger partial charge in [0.2, 0.25) is 0 Å². The van der Waals surface area contributed by atoms with Gasteiger partial charge in [-0.2, -0.15) is 0 Å². The van der Waals surface area contributed by atoms with Gasteiger partial charge in [-0.05, 0) is 19.4 Å². The molecule has 0 aromatic carbocycles. The molecule has 4 nitrogen and oxygen atoms in total. The minimum absolute atomic E-state index is 0.149. The van der Waals surface area contributed by atoms with Crippen molar-refractivity contribution in [2.75, 3.05) is 5.75 Å². The SMILES string of the molecule is C=C(C(=O)O)/C(=C\C=C(/C)CC)S(=O)(=O)CC. The summed E-state index contributed by atoms with van der Waals surface area (Å²) in [6.45, 7) is 8.54. The van der Waals surface area contributed by atoms with Crippen LogP contribution in [0.2, 0.25) is 0 Å². The molecule has 0 atom stereocenters. The molecule has 0 aliphatic carbocycles. The van der Waals surface area contributed by atoms with E-state index in [4.69, 9.17) is 5.11 Å². The largest absolute Gasteiger partial charge is 0.478 e. The van der Waals surface area contributed by atoms with Crippen molar-refractivity contribution in [2.24, 2.45) is 0 Å². The fourth-order valence-electron chi connectivity index (χ4n) is 0.989. The van der Waals surface area contributed by atoms with Gasteiger partial charge in [0.1, 0.15) is 0 Å². The van der Waals surface area contributed by atoms with E-state index in [1.807, 2.05) is 13.8 Å². The fraction of sp³-hybridized carbons (Fsp3) is 0.417. The van der Waals surface area contributed by atoms with Crippen LogP contribution >= 0.6 is 0 Å². The zero-order valence-electron chi connectivity index (χ0n) is 10.4. The Balaban J connectivity index is 5.59. The molecular formula is C12H18O4S. The van der Waals surface area contributed by atoms with Gasteiger partial charge in [-0.3, -0.25) is 0 Å². The van der Waals surface area contributed by atoms with Crippen molar-refractivity contribution in [3.8, 4) is 0 Å². The van der Waals surface area contributed by atoms with E-state index >= 15 is 0 Å². The summed E-state index contributed by atoms with van der Waals surface area (Å²) in [5.74, 6) is -1.47. The zero-order valence-corrected chi connectivity index (χ0v) is 11.2. The lowest BCUT2D eigenvalue weighted by Gasteiger charge is -2.06. The highest BCUT2D eigenvalue weighted by Crippen LogP contribution is 2.18. The van der Waals surface area contributed by atoms with E-state index in [0.29, 0.717) is 0 Å². The first kappa shape index (κ1) is 15.6. The molecule has 0 aliphatic heterocycles. The zero-order chi connectivity index (χ0) is 13.6. The molecule has 0 amide bonds. The summed E-state index contributed by atoms with van der Waals surface area (Å²) in [5.41, 5.74) is 0.569. The Bertz CT molecular complexity index is 467. The van der Waals surface area contributed by atoms with Crippen LogP contribution in [0.3, 0.4) is 0 Å². The lowest BCUT2D eigenvalue weighted by molar-refractivity contribution is -0.132. The molecule has 0 fully saturated rings. The Hall–Kier alpha value is -1.36. The maximum absolute atomic E-state index is 11.7. The Morgan fingerprint density at radius 3 is 2.18 bits per heavy atom. The second-order valence-corrected chi connectivity index (χ2v) is 5.83. The van der Waals surface area contributed by atoms with E-state index in [2.05, 4.69) is 6.58 Å². The molecule has 0 unspecified atom stereocenters. The van der Waals surface area contributed by atoms with Crippen molar-refractivity contribution >= 4 is 15.8 Å². The molecule has 0 saturated carbocycles. The van der Waals surface area contributed by atoms with Crippen molar-refractivity contribution in [3.63, 3.8) is 0 Å². The summed E-state index contributed by atoms with van der Waals surface area (Å²) >= 11 is 0. The minimum atomic E-state index is -3.57. The number of carboxylic acid groups (broad SMARTS) is 1. The van der Waals surface area contributed by atoms with Gasteiger partial charge >= 0.3 is 5.97 Å². The summed E-state index contributed by atoms with van der Waals surface area (Å²) in [6.07, 6.45) is 3.69. The van der Waals surface area contributed by atoms with Crippen LogP contribution in [0, 0.1) is 0 Å². The van der Waals surface area contributed by atoms with Gasteiger partial charge in [-0.1, -0.05) is 32.1 Å². The summed E-state index contributed by atoms with van der Waals surface area (Å²) < 4.78 is 23.4. The first-order valence-corrected chi connectivity index (χ1v) is 6.94. The number of allylic oxidation sites excluding steroid dienone is 3. The molecule has 0 rings (SSSR count). The average molecular weight is 258 g/mol. The first-order valence-electron chi connectivity index (χ1n) is 5.29. The molecule has 96 valence electrons. The van der Waals surface area contributed by atoms with E-state index in [0.717, 1.165) is 12.0 Å². The summed E-state index contributed by atoms with van der Waals surface area (Å²) in [4.78, 5) is 10.6. The highest BCUT2D eigenvalue weighted by molar-refractivity contribution is 7.95. The third-order valence-corrected chi connectivity index (χ3v) is 4.16. The molecule has 0 aliphatic rings. The third-order valence-electron chi connectivity index (χ3n) is 2.35. The van der Waals surface area contributed by atoms with Gasteiger partial charge in [-0.15, -0.1) is 0 Å². The second-order valence-electron chi connectivity index (χ2n) is 3.58. The Morgan fingerprint density at radius 2 is 1.82 bits per heavy atom. The molecule has 0 spiro atoms. The second kappa shape index (κ2) is 6.39. The number of carboxylic acids is 1. The summed E-state index contributed by atoms with van der Waals surface area (Å²) in [7, 11) is -3.57. The Kier molecular flexibility index (Phi) is 5.88. The number of sulfone groups is 1. The van der Waals surface area contributed by atoms with E-state index < -0.39 is 21.4 Å². The number of hydrogen-bond donors (Lipinski definition) is 1. The Morgan fingerprint density at radius 1 is 1.29 bits per heavy atom. The van der Waals surface area contributed by atoms with Gasteiger partial charge in [0.15, 0.2) is 9.84 Å². The normalized spacial score (nSPS) is 13.6. The molecule has 17 heavy (non-hydrogen) atoms. The van der Waals surface area contributed by atoms with Crippen LogP contribution in [0.1, 0.15) is 27.2 Å². The number of aliphatic carboxylic acids is 1. The standard InChI is InChI=1S/C12H18O4S/c1-5-9(3)7-8-11(10(4)12(13)14)17(15,16)6-2/h7-8H,4-6H2,1-3H3,(H,13,14)/b9-7+,11-8+. The predicted molar refractivity (Wildman–Crippen MR) is 68.4 cm³/mol. The maximum atomic E-state index is 11.7. The van der Waals surface area contributed by atoms with Crippen molar-refractivity contribution in [3.05, 3.63) is 34.8 Å². The van der Waals surface area contributed by atoms with Crippen molar-refractivity contribution in [1.29, 1.82) is 0 Å². The van der Waals surface area contributed by atoms with Crippen LogP contribution in [0.5, 0.6) is 0 Å². The first-order chi connectivity index (χ1) is 7.76. The van der Waals surface area contributed by atoms with Crippen molar-refractivity contribution in [2.45, 2.75) is 27.2 Å². The summed E-state index contributed by atoms with van der Waals surface area (Å²) in [5, 5.41) is 8.81. The highest BCUT2D eigenvalue weighted by Gasteiger charge is 2.22. The molecule has 1 N–H and O–H groups in total. The van der Waals surface area contributed by atoms with Gasteiger partial charge in [0.25, 0.3) is 0 Å². The van der Waals surface area contributed by atoms with E-state index in [9.17, 15) is 13.2 Å². The van der Waals surface area contributed by atoms with Crippen LogP contribution in [0.25, 0.3) is 0 Å². The number of carbonyl (C=O) groups is 1. The van der Waals surface area contributed by atoms with Crippen LogP contribution in [-0.2, 0) is 14.6 Å². The molecule has 0 heterocycles. The Labute approximate surface area is 102 Å². The predicted octanol–water partition coefficient (Wildman–Crippen LogP) is 2.30. The van der Waals surface area contributed by atoms with E-state index in [1.54, 1.807) is 6.08 Å². The average Bonchev–Trinajstić information content (AvgIpc) is 2.28. The van der Waals surface area contributed by atoms with Gasteiger partial charge in [0.05, 0.1) is 16.2 Å². The monoisotopic (exact) mass is 258 g/mol. The molecule has 0 bridgehead atoms. The lowest BCUT2D eigenvalue weighted by Crippen LogP contribution is -2.13. The molecule has 0 saturated heterocycles. The van der Waals surface area contributed by atoms with Crippen molar-refractivity contribution in [1.82, 2.24) is 0 Å². The molecule has 5 heteroatoms. The molecule has 0 aromatic rings. The van der Waals surface area contributed by atoms with Crippen LogP contribution < -0.4 is 0 Å². The third kappa shape index (κ3) is 4.56. The van der Waals surface area contributed by atoms with E-state index in [1.165, 1.54) is 13.0 Å². The topological polar surface area (TPSA) is 71.4 Å². The smallest absolute Gasteiger partial charge is 0.336 e. The molecule has 0 radical (unpaired) electrons.